The van der Waals surface area contributed by atoms with Gasteiger partial charge in [-0.1, -0.05) is 53.4 Å². The molecule has 2 unspecified atom stereocenters. The van der Waals surface area contributed by atoms with Gasteiger partial charge in [-0.05, 0) is 41.9 Å². The van der Waals surface area contributed by atoms with Crippen LogP contribution in [0.2, 0.25) is 0 Å². The summed E-state index contributed by atoms with van der Waals surface area (Å²) in [5.74, 6) is 4.07. The second-order valence-corrected chi connectivity index (χ2v) is 7.05. The maximum Gasteiger partial charge on any atom is -0.0320 e. The summed E-state index contributed by atoms with van der Waals surface area (Å²) >= 11 is 0. The average molecular weight is 208 g/mol. The lowest BCUT2D eigenvalue weighted by Crippen LogP contribution is -2.46. The van der Waals surface area contributed by atoms with Crippen LogP contribution in [0.3, 0.4) is 0 Å². The molecule has 0 aliphatic heterocycles. The normalized spacial score (nSPS) is 45.6. The van der Waals surface area contributed by atoms with Crippen molar-refractivity contribution >= 4 is 0 Å². The molecule has 2 rings (SSSR count). The van der Waals surface area contributed by atoms with Gasteiger partial charge in [0.2, 0.25) is 0 Å². The molecule has 0 spiro atoms. The fourth-order valence-corrected chi connectivity index (χ4v) is 4.13. The van der Waals surface area contributed by atoms with E-state index >= 15 is 0 Å². The van der Waals surface area contributed by atoms with Crippen molar-refractivity contribution in [1.82, 2.24) is 0 Å². The minimum atomic E-state index is 0.656. The van der Waals surface area contributed by atoms with E-state index in [0.29, 0.717) is 5.41 Å². The van der Waals surface area contributed by atoms with E-state index in [1.165, 1.54) is 38.5 Å². The first-order valence-electron chi connectivity index (χ1n) is 7.00. The molecule has 2 aliphatic rings. The van der Waals surface area contributed by atoms with Crippen LogP contribution < -0.4 is 0 Å². The molecule has 0 heteroatoms. The zero-order valence-electron chi connectivity index (χ0n) is 11.1. The molecular weight excluding hydrogens is 180 g/mol. The Hall–Kier alpha value is 0. The zero-order chi connectivity index (χ0) is 11.1. The van der Waals surface area contributed by atoms with Crippen LogP contribution in [0.15, 0.2) is 0 Å². The first-order valence-corrected chi connectivity index (χ1v) is 7.00. The number of fused-ring (bicyclic) bond motifs is 1. The van der Waals surface area contributed by atoms with Crippen LogP contribution in [0.5, 0.6) is 0 Å². The minimum Gasteiger partial charge on any atom is -0.0625 e. The predicted octanol–water partition coefficient (Wildman–Crippen LogP) is 4.89. The van der Waals surface area contributed by atoms with Gasteiger partial charge >= 0.3 is 0 Å². The maximum atomic E-state index is 2.50. The Kier molecular flexibility index (Phi) is 3.14. The SMILES string of the molecule is CC1CCCC(C)[C@H]2CC(C)(C)[C@@H]2CC1. The summed E-state index contributed by atoms with van der Waals surface area (Å²) in [5, 5.41) is 0. The number of rotatable bonds is 0. The molecule has 88 valence electrons. The molecule has 0 aromatic carbocycles. The minimum absolute atomic E-state index is 0.656. The molecule has 4 atom stereocenters. The van der Waals surface area contributed by atoms with Gasteiger partial charge in [-0.3, -0.25) is 0 Å². The van der Waals surface area contributed by atoms with Gasteiger partial charge in [0.15, 0.2) is 0 Å². The quantitative estimate of drug-likeness (QED) is 0.532. The van der Waals surface area contributed by atoms with E-state index in [2.05, 4.69) is 27.7 Å². The second-order valence-electron chi connectivity index (χ2n) is 7.05. The van der Waals surface area contributed by atoms with E-state index in [1.807, 2.05) is 0 Å². The maximum absolute atomic E-state index is 2.50. The van der Waals surface area contributed by atoms with Crippen LogP contribution in [-0.4, -0.2) is 0 Å². The number of hydrogen-bond acceptors (Lipinski definition) is 0. The van der Waals surface area contributed by atoms with E-state index in [1.54, 1.807) is 0 Å². The highest BCUT2D eigenvalue weighted by molar-refractivity contribution is 4.97. The highest BCUT2D eigenvalue weighted by atomic mass is 14.5. The lowest BCUT2D eigenvalue weighted by molar-refractivity contribution is -0.0497. The Balaban J connectivity index is 2.03. The summed E-state index contributed by atoms with van der Waals surface area (Å²) in [7, 11) is 0. The molecule has 2 saturated carbocycles. The standard InChI is InChI=1S/C15H28/c1-11-6-5-7-12(2)13-10-15(3,4)14(13)9-8-11/h11-14H,5-10H2,1-4H3/t11?,12?,13-,14-/m1/s1. The monoisotopic (exact) mass is 208 g/mol. The Morgan fingerprint density at radius 3 is 2.33 bits per heavy atom. The first kappa shape index (κ1) is 11.5. The molecule has 0 aromatic heterocycles. The molecular formula is C15H28. The van der Waals surface area contributed by atoms with E-state index in [-0.39, 0.29) is 0 Å². The second kappa shape index (κ2) is 4.11. The zero-order valence-corrected chi connectivity index (χ0v) is 11.1. The Morgan fingerprint density at radius 2 is 1.67 bits per heavy atom. The largest absolute Gasteiger partial charge is 0.0625 e. The van der Waals surface area contributed by atoms with Crippen molar-refractivity contribution in [2.45, 2.75) is 66.2 Å². The fourth-order valence-electron chi connectivity index (χ4n) is 4.13. The summed E-state index contributed by atoms with van der Waals surface area (Å²) in [6, 6.07) is 0. The molecule has 0 nitrogen and oxygen atoms in total. The van der Waals surface area contributed by atoms with Gasteiger partial charge in [0.1, 0.15) is 0 Å². The van der Waals surface area contributed by atoms with Crippen LogP contribution in [0, 0.1) is 29.1 Å². The summed E-state index contributed by atoms with van der Waals surface area (Å²) in [4.78, 5) is 0. The molecule has 0 aromatic rings. The van der Waals surface area contributed by atoms with E-state index < -0.39 is 0 Å². The third kappa shape index (κ3) is 2.24. The molecule has 0 heterocycles. The van der Waals surface area contributed by atoms with Crippen molar-refractivity contribution in [3.05, 3.63) is 0 Å². The van der Waals surface area contributed by atoms with Crippen LogP contribution in [0.4, 0.5) is 0 Å². The summed E-state index contributed by atoms with van der Waals surface area (Å²) in [6.07, 6.45) is 8.92. The lowest BCUT2D eigenvalue weighted by atomic mass is 9.51. The summed E-state index contributed by atoms with van der Waals surface area (Å²) in [5.41, 5.74) is 0.656. The molecule has 0 saturated heterocycles. The van der Waals surface area contributed by atoms with Crippen LogP contribution in [-0.2, 0) is 0 Å². The predicted molar refractivity (Wildman–Crippen MR) is 66.8 cm³/mol. The van der Waals surface area contributed by atoms with Crippen LogP contribution in [0.25, 0.3) is 0 Å². The molecule has 0 radical (unpaired) electrons. The fraction of sp³-hybridized carbons (Fsp3) is 1.00. The Labute approximate surface area is 95.8 Å². The summed E-state index contributed by atoms with van der Waals surface area (Å²) < 4.78 is 0. The van der Waals surface area contributed by atoms with Gasteiger partial charge in [-0.2, -0.15) is 0 Å². The van der Waals surface area contributed by atoms with Gasteiger partial charge < -0.3 is 0 Å². The van der Waals surface area contributed by atoms with Crippen molar-refractivity contribution in [2.75, 3.05) is 0 Å². The van der Waals surface area contributed by atoms with Crippen LogP contribution in [0.1, 0.15) is 66.2 Å². The van der Waals surface area contributed by atoms with E-state index in [4.69, 9.17) is 0 Å². The Bertz CT molecular complexity index is 216. The lowest BCUT2D eigenvalue weighted by Gasteiger charge is -2.54. The Morgan fingerprint density at radius 1 is 0.933 bits per heavy atom. The highest BCUT2D eigenvalue weighted by Gasteiger charge is 2.48. The average Bonchev–Trinajstić information content (AvgIpc) is 2.18. The van der Waals surface area contributed by atoms with Gasteiger partial charge in [0.25, 0.3) is 0 Å². The van der Waals surface area contributed by atoms with E-state index in [9.17, 15) is 0 Å². The van der Waals surface area contributed by atoms with Crippen LogP contribution >= 0.6 is 0 Å². The smallest absolute Gasteiger partial charge is 0.0320 e. The topological polar surface area (TPSA) is 0 Å². The molecule has 15 heavy (non-hydrogen) atoms. The van der Waals surface area contributed by atoms with Crippen molar-refractivity contribution in [3.8, 4) is 0 Å². The van der Waals surface area contributed by atoms with Crippen molar-refractivity contribution < 1.29 is 0 Å². The van der Waals surface area contributed by atoms with Crippen molar-refractivity contribution in [1.29, 1.82) is 0 Å². The molecule has 0 bridgehead atoms. The van der Waals surface area contributed by atoms with Crippen molar-refractivity contribution in [2.24, 2.45) is 29.1 Å². The van der Waals surface area contributed by atoms with E-state index in [0.717, 1.165) is 23.7 Å². The van der Waals surface area contributed by atoms with Crippen molar-refractivity contribution in [3.63, 3.8) is 0 Å². The molecule has 0 N–H and O–H groups in total. The van der Waals surface area contributed by atoms with Gasteiger partial charge in [-0.15, -0.1) is 0 Å². The highest BCUT2D eigenvalue weighted by Crippen LogP contribution is 2.57. The third-order valence-corrected chi connectivity index (χ3v) is 5.34. The third-order valence-electron chi connectivity index (χ3n) is 5.34. The van der Waals surface area contributed by atoms with Gasteiger partial charge in [-0.25, -0.2) is 0 Å². The molecule has 0 amide bonds. The molecule has 2 fully saturated rings. The van der Waals surface area contributed by atoms with Gasteiger partial charge in [0.05, 0.1) is 0 Å². The molecule has 2 aliphatic carbocycles. The van der Waals surface area contributed by atoms with Gasteiger partial charge in [0, 0.05) is 0 Å². The first-order chi connectivity index (χ1) is 7.00. The number of hydrogen-bond donors (Lipinski definition) is 0. The summed E-state index contributed by atoms with van der Waals surface area (Å²) in [6.45, 7) is 9.94.